The Labute approximate surface area is 92.8 Å². The second-order valence-corrected chi connectivity index (χ2v) is 4.03. The standard InChI is InChI=1S/C9H10Cl3N/c1-2-8(13)6-3-5(10)4-7(11)9(6)12/h3-4,8H,2,13H2,1H3/t8-/m1/s1. The zero-order chi connectivity index (χ0) is 10.0. The molecule has 0 saturated heterocycles. The fourth-order valence-corrected chi connectivity index (χ4v) is 1.82. The van der Waals surface area contributed by atoms with Crippen LogP contribution in [0, 0.1) is 0 Å². The van der Waals surface area contributed by atoms with Crippen LogP contribution in [0.3, 0.4) is 0 Å². The highest BCUT2D eigenvalue weighted by atomic mass is 35.5. The molecule has 1 aromatic rings. The van der Waals surface area contributed by atoms with Gasteiger partial charge in [-0.25, -0.2) is 0 Å². The molecule has 0 aliphatic carbocycles. The molecule has 0 radical (unpaired) electrons. The maximum atomic E-state index is 5.97. The van der Waals surface area contributed by atoms with E-state index in [0.29, 0.717) is 15.1 Å². The first-order valence-corrected chi connectivity index (χ1v) is 5.09. The number of nitrogens with two attached hydrogens (primary N) is 1. The molecule has 13 heavy (non-hydrogen) atoms. The van der Waals surface area contributed by atoms with Gasteiger partial charge in [0.2, 0.25) is 0 Å². The minimum absolute atomic E-state index is 0.108. The van der Waals surface area contributed by atoms with E-state index in [9.17, 15) is 0 Å². The van der Waals surface area contributed by atoms with Gasteiger partial charge in [-0.05, 0) is 24.1 Å². The average molecular weight is 239 g/mol. The monoisotopic (exact) mass is 237 g/mol. The van der Waals surface area contributed by atoms with E-state index in [1.54, 1.807) is 12.1 Å². The number of hydrogen-bond donors (Lipinski definition) is 1. The third-order valence-electron chi connectivity index (χ3n) is 1.86. The van der Waals surface area contributed by atoms with Crippen molar-refractivity contribution >= 4 is 34.8 Å². The summed E-state index contributed by atoms with van der Waals surface area (Å²) in [6, 6.07) is 3.25. The molecule has 1 rings (SSSR count). The number of halogens is 3. The Bertz CT molecular complexity index is 312. The van der Waals surface area contributed by atoms with Crippen LogP contribution >= 0.6 is 34.8 Å². The molecule has 0 saturated carbocycles. The highest BCUT2D eigenvalue weighted by Crippen LogP contribution is 2.33. The van der Waals surface area contributed by atoms with Crippen molar-refractivity contribution in [1.82, 2.24) is 0 Å². The fourth-order valence-electron chi connectivity index (χ4n) is 1.07. The van der Waals surface area contributed by atoms with Gasteiger partial charge in [0, 0.05) is 11.1 Å². The molecule has 0 spiro atoms. The summed E-state index contributed by atoms with van der Waals surface area (Å²) in [6.45, 7) is 1.98. The Morgan fingerprint density at radius 2 is 1.92 bits per heavy atom. The third-order valence-corrected chi connectivity index (χ3v) is 2.90. The molecule has 1 aromatic carbocycles. The summed E-state index contributed by atoms with van der Waals surface area (Å²) in [5.41, 5.74) is 6.64. The number of rotatable bonds is 2. The van der Waals surface area contributed by atoms with Gasteiger partial charge >= 0.3 is 0 Å². The van der Waals surface area contributed by atoms with Gasteiger partial charge in [-0.15, -0.1) is 0 Å². The Kier molecular flexibility index (Phi) is 3.87. The lowest BCUT2D eigenvalue weighted by atomic mass is 10.1. The fraction of sp³-hybridized carbons (Fsp3) is 0.333. The summed E-state index contributed by atoms with van der Waals surface area (Å²) in [5, 5.41) is 1.52. The second kappa shape index (κ2) is 4.52. The molecule has 0 unspecified atom stereocenters. The van der Waals surface area contributed by atoms with E-state index in [2.05, 4.69) is 0 Å². The van der Waals surface area contributed by atoms with E-state index >= 15 is 0 Å². The summed E-state index contributed by atoms with van der Waals surface area (Å²) in [4.78, 5) is 0. The lowest BCUT2D eigenvalue weighted by Crippen LogP contribution is -2.09. The van der Waals surface area contributed by atoms with Crippen LogP contribution in [-0.4, -0.2) is 0 Å². The van der Waals surface area contributed by atoms with E-state index in [-0.39, 0.29) is 6.04 Å². The van der Waals surface area contributed by atoms with Crippen LogP contribution in [0.1, 0.15) is 24.9 Å². The van der Waals surface area contributed by atoms with Gasteiger partial charge in [0.05, 0.1) is 10.0 Å². The molecule has 0 amide bonds. The summed E-state index contributed by atoms with van der Waals surface area (Å²) < 4.78 is 0. The summed E-state index contributed by atoms with van der Waals surface area (Å²) in [7, 11) is 0. The second-order valence-electron chi connectivity index (χ2n) is 2.81. The van der Waals surface area contributed by atoms with Crippen molar-refractivity contribution in [1.29, 1.82) is 0 Å². The Balaban J connectivity index is 3.20. The minimum Gasteiger partial charge on any atom is -0.324 e. The van der Waals surface area contributed by atoms with E-state index < -0.39 is 0 Å². The molecule has 0 aliphatic heterocycles. The maximum absolute atomic E-state index is 5.97. The van der Waals surface area contributed by atoms with Crippen LogP contribution in [0.2, 0.25) is 15.1 Å². The van der Waals surface area contributed by atoms with Gasteiger partial charge in [-0.3, -0.25) is 0 Å². The lowest BCUT2D eigenvalue weighted by molar-refractivity contribution is 0.699. The largest absolute Gasteiger partial charge is 0.324 e. The zero-order valence-electron chi connectivity index (χ0n) is 7.15. The van der Waals surface area contributed by atoms with Crippen molar-refractivity contribution < 1.29 is 0 Å². The lowest BCUT2D eigenvalue weighted by Gasteiger charge is -2.12. The van der Waals surface area contributed by atoms with Crippen LogP contribution in [0.4, 0.5) is 0 Å². The van der Waals surface area contributed by atoms with Crippen molar-refractivity contribution in [2.24, 2.45) is 5.73 Å². The van der Waals surface area contributed by atoms with Crippen LogP contribution in [-0.2, 0) is 0 Å². The van der Waals surface area contributed by atoms with Crippen LogP contribution < -0.4 is 5.73 Å². The first-order chi connectivity index (χ1) is 6.06. The van der Waals surface area contributed by atoms with E-state index in [1.165, 1.54) is 0 Å². The predicted molar refractivity (Wildman–Crippen MR) is 58.7 cm³/mol. The smallest absolute Gasteiger partial charge is 0.0641 e. The molecule has 4 heteroatoms. The first kappa shape index (κ1) is 11.1. The van der Waals surface area contributed by atoms with Crippen molar-refractivity contribution in [3.05, 3.63) is 32.8 Å². The predicted octanol–water partition coefficient (Wildman–Crippen LogP) is 4.06. The molecule has 1 nitrogen and oxygen atoms in total. The van der Waals surface area contributed by atoms with Gasteiger partial charge in [0.25, 0.3) is 0 Å². The molecule has 72 valence electrons. The van der Waals surface area contributed by atoms with E-state index in [0.717, 1.165) is 12.0 Å². The van der Waals surface area contributed by atoms with Crippen LogP contribution in [0.25, 0.3) is 0 Å². The first-order valence-electron chi connectivity index (χ1n) is 3.96. The van der Waals surface area contributed by atoms with Crippen molar-refractivity contribution in [3.63, 3.8) is 0 Å². The summed E-state index contributed by atoms with van der Waals surface area (Å²) in [5.74, 6) is 0. The molecule has 1 atom stereocenters. The average Bonchev–Trinajstić information content (AvgIpc) is 2.10. The van der Waals surface area contributed by atoms with Gasteiger partial charge in [-0.2, -0.15) is 0 Å². The highest BCUT2D eigenvalue weighted by Gasteiger charge is 2.12. The van der Waals surface area contributed by atoms with E-state index in [1.807, 2.05) is 6.92 Å². The normalized spacial score (nSPS) is 13.0. The molecule has 0 heterocycles. The minimum atomic E-state index is -0.108. The molecule has 0 aliphatic rings. The molecule has 0 bridgehead atoms. The van der Waals surface area contributed by atoms with Crippen molar-refractivity contribution in [2.45, 2.75) is 19.4 Å². The van der Waals surface area contributed by atoms with Crippen LogP contribution in [0.15, 0.2) is 12.1 Å². The molecular formula is C9H10Cl3N. The van der Waals surface area contributed by atoms with Crippen molar-refractivity contribution in [3.8, 4) is 0 Å². The highest BCUT2D eigenvalue weighted by molar-refractivity contribution is 6.43. The summed E-state index contributed by atoms with van der Waals surface area (Å²) >= 11 is 17.6. The van der Waals surface area contributed by atoms with Gasteiger partial charge in [0.1, 0.15) is 0 Å². The molecule has 0 fully saturated rings. The van der Waals surface area contributed by atoms with E-state index in [4.69, 9.17) is 40.5 Å². The Morgan fingerprint density at radius 1 is 1.31 bits per heavy atom. The summed E-state index contributed by atoms with van der Waals surface area (Å²) in [6.07, 6.45) is 0.802. The molecule has 2 N–H and O–H groups in total. The molecule has 0 aromatic heterocycles. The van der Waals surface area contributed by atoms with Gasteiger partial charge in [-0.1, -0.05) is 41.7 Å². The van der Waals surface area contributed by atoms with Gasteiger partial charge < -0.3 is 5.73 Å². The zero-order valence-corrected chi connectivity index (χ0v) is 9.42. The topological polar surface area (TPSA) is 26.0 Å². The van der Waals surface area contributed by atoms with Gasteiger partial charge in [0.15, 0.2) is 0 Å². The Hall–Kier alpha value is 0.0500. The van der Waals surface area contributed by atoms with Crippen molar-refractivity contribution in [2.75, 3.05) is 0 Å². The van der Waals surface area contributed by atoms with Crippen LogP contribution in [0.5, 0.6) is 0 Å². The number of benzene rings is 1. The SMILES string of the molecule is CC[C@@H](N)c1cc(Cl)cc(Cl)c1Cl. The maximum Gasteiger partial charge on any atom is 0.0641 e. The quantitative estimate of drug-likeness (QED) is 0.773. The number of hydrogen-bond acceptors (Lipinski definition) is 1. The third kappa shape index (κ3) is 2.50. The Morgan fingerprint density at radius 3 is 2.46 bits per heavy atom. The molecular weight excluding hydrogens is 228 g/mol.